The quantitative estimate of drug-likeness (QED) is 0.689. The Morgan fingerprint density at radius 1 is 0.962 bits per heavy atom. The summed E-state index contributed by atoms with van der Waals surface area (Å²) in [5.74, 6) is 1.86. The van der Waals surface area contributed by atoms with Crippen LogP contribution in [0.4, 0.5) is 0 Å². The zero-order chi connectivity index (χ0) is 18.3. The Kier molecular flexibility index (Phi) is 4.07. The molecule has 0 fully saturated rings. The smallest absolute Gasteiger partial charge is 0.163 e. The van der Waals surface area contributed by atoms with E-state index in [0.717, 1.165) is 34.6 Å². The molecule has 1 aliphatic carbocycles. The van der Waals surface area contributed by atoms with Gasteiger partial charge in [-0.1, -0.05) is 74.0 Å². The van der Waals surface area contributed by atoms with Gasteiger partial charge in [0.2, 0.25) is 0 Å². The maximum atomic E-state index is 13.0. The second kappa shape index (κ2) is 6.28. The zero-order valence-electron chi connectivity index (χ0n) is 15.6. The molecule has 2 aromatic rings. The molecule has 0 spiro atoms. The van der Waals surface area contributed by atoms with Crippen molar-refractivity contribution in [2.45, 2.75) is 39.5 Å². The Labute approximate surface area is 155 Å². The number of ketones is 1. The molecule has 0 N–H and O–H groups in total. The fourth-order valence-electron chi connectivity index (χ4n) is 3.91. The van der Waals surface area contributed by atoms with Gasteiger partial charge in [0.05, 0.1) is 0 Å². The molecular formula is C24H24O2. The fourth-order valence-corrected chi connectivity index (χ4v) is 3.91. The Morgan fingerprint density at radius 3 is 2.35 bits per heavy atom. The van der Waals surface area contributed by atoms with Crippen LogP contribution in [0.25, 0.3) is 5.76 Å². The number of allylic oxidation sites excluding steroid dienone is 3. The Morgan fingerprint density at radius 2 is 1.65 bits per heavy atom. The van der Waals surface area contributed by atoms with Gasteiger partial charge < -0.3 is 4.74 Å². The normalized spacial score (nSPS) is 21.7. The van der Waals surface area contributed by atoms with E-state index < -0.39 is 0 Å². The van der Waals surface area contributed by atoms with Gasteiger partial charge in [-0.15, -0.1) is 0 Å². The van der Waals surface area contributed by atoms with Crippen LogP contribution in [0.3, 0.4) is 0 Å². The van der Waals surface area contributed by atoms with Crippen LogP contribution < -0.4 is 0 Å². The first-order chi connectivity index (χ1) is 12.4. The van der Waals surface area contributed by atoms with Gasteiger partial charge in [0.1, 0.15) is 11.5 Å². The second-order valence-corrected chi connectivity index (χ2v) is 8.17. The highest BCUT2D eigenvalue weighted by atomic mass is 16.5. The van der Waals surface area contributed by atoms with Crippen LogP contribution in [0.15, 0.2) is 72.0 Å². The van der Waals surface area contributed by atoms with E-state index in [2.05, 4.69) is 63.2 Å². The number of aryl methyl sites for hydroxylation is 1. The van der Waals surface area contributed by atoms with Crippen LogP contribution in [0.5, 0.6) is 0 Å². The molecule has 0 aromatic heterocycles. The van der Waals surface area contributed by atoms with Gasteiger partial charge in [-0.3, -0.25) is 4.79 Å². The lowest BCUT2D eigenvalue weighted by Crippen LogP contribution is -2.30. The van der Waals surface area contributed by atoms with E-state index in [1.54, 1.807) is 0 Å². The predicted molar refractivity (Wildman–Crippen MR) is 104 cm³/mol. The molecule has 1 aliphatic heterocycles. The Bertz CT molecular complexity index is 899. The van der Waals surface area contributed by atoms with Crippen molar-refractivity contribution in [1.29, 1.82) is 0 Å². The summed E-state index contributed by atoms with van der Waals surface area (Å²) in [5.41, 5.74) is 4.19. The third kappa shape index (κ3) is 3.12. The summed E-state index contributed by atoms with van der Waals surface area (Å²) in [4.78, 5) is 13.0. The number of ether oxygens (including phenoxy) is 1. The Balaban J connectivity index is 1.84. The molecule has 1 atom stereocenters. The summed E-state index contributed by atoms with van der Waals surface area (Å²) < 4.78 is 6.28. The minimum absolute atomic E-state index is 0.0434. The summed E-state index contributed by atoms with van der Waals surface area (Å²) in [5, 5.41) is 0. The third-order valence-corrected chi connectivity index (χ3v) is 5.24. The van der Waals surface area contributed by atoms with E-state index in [-0.39, 0.29) is 17.1 Å². The van der Waals surface area contributed by atoms with Crippen LogP contribution in [0.1, 0.15) is 49.3 Å². The van der Waals surface area contributed by atoms with Crippen LogP contribution in [-0.2, 0) is 9.53 Å². The molecule has 0 saturated carbocycles. The minimum Gasteiger partial charge on any atom is -0.461 e. The van der Waals surface area contributed by atoms with Gasteiger partial charge in [-0.05, 0) is 24.0 Å². The molecule has 2 heteroatoms. The molecule has 0 bridgehead atoms. The van der Waals surface area contributed by atoms with Gasteiger partial charge in [-0.25, -0.2) is 0 Å². The van der Waals surface area contributed by atoms with Crippen LogP contribution >= 0.6 is 0 Å². The lowest BCUT2D eigenvalue weighted by Gasteiger charge is -2.37. The average molecular weight is 344 g/mol. The SMILES string of the molecule is Cc1ccc(C2C=C(c3ccccc3)OC3=C2C(=O)CC(C)(C)C3)cc1. The van der Waals surface area contributed by atoms with Crippen molar-refractivity contribution >= 4 is 11.5 Å². The number of hydrogen-bond acceptors (Lipinski definition) is 2. The predicted octanol–water partition coefficient (Wildman–Crippen LogP) is 5.79. The number of rotatable bonds is 2. The second-order valence-electron chi connectivity index (χ2n) is 8.17. The molecule has 26 heavy (non-hydrogen) atoms. The van der Waals surface area contributed by atoms with E-state index in [1.807, 2.05) is 18.2 Å². The van der Waals surface area contributed by atoms with Crippen molar-refractivity contribution in [3.8, 4) is 0 Å². The molecule has 2 aliphatic rings. The molecule has 2 nitrogen and oxygen atoms in total. The van der Waals surface area contributed by atoms with Gasteiger partial charge in [-0.2, -0.15) is 0 Å². The molecule has 2 aromatic carbocycles. The zero-order valence-corrected chi connectivity index (χ0v) is 15.6. The largest absolute Gasteiger partial charge is 0.461 e. The molecule has 0 radical (unpaired) electrons. The van der Waals surface area contributed by atoms with Crippen molar-refractivity contribution in [1.82, 2.24) is 0 Å². The van der Waals surface area contributed by atoms with E-state index in [1.165, 1.54) is 5.56 Å². The van der Waals surface area contributed by atoms with Crippen LogP contribution in [0, 0.1) is 12.3 Å². The molecule has 4 rings (SSSR count). The van der Waals surface area contributed by atoms with E-state index in [0.29, 0.717) is 6.42 Å². The van der Waals surface area contributed by atoms with Crippen LogP contribution in [0.2, 0.25) is 0 Å². The topological polar surface area (TPSA) is 26.3 Å². The van der Waals surface area contributed by atoms with E-state index >= 15 is 0 Å². The number of benzene rings is 2. The first-order valence-corrected chi connectivity index (χ1v) is 9.21. The third-order valence-electron chi connectivity index (χ3n) is 5.24. The van der Waals surface area contributed by atoms with Crippen molar-refractivity contribution in [2.75, 3.05) is 0 Å². The van der Waals surface area contributed by atoms with Crippen LogP contribution in [-0.4, -0.2) is 5.78 Å². The monoisotopic (exact) mass is 344 g/mol. The number of carbonyl (C=O) groups excluding carboxylic acids is 1. The summed E-state index contributed by atoms with van der Waals surface area (Å²) in [6.45, 7) is 6.36. The number of hydrogen-bond donors (Lipinski definition) is 0. The molecule has 0 saturated heterocycles. The van der Waals surface area contributed by atoms with Crippen molar-refractivity contribution in [2.24, 2.45) is 5.41 Å². The lowest BCUT2D eigenvalue weighted by atomic mass is 9.71. The summed E-state index contributed by atoms with van der Waals surface area (Å²) >= 11 is 0. The molecular weight excluding hydrogens is 320 g/mol. The fraction of sp³-hybridized carbons (Fsp3) is 0.292. The first kappa shape index (κ1) is 16.8. The van der Waals surface area contributed by atoms with Crippen molar-refractivity contribution < 1.29 is 9.53 Å². The van der Waals surface area contributed by atoms with Gasteiger partial charge in [0.15, 0.2) is 5.78 Å². The molecule has 1 unspecified atom stereocenters. The maximum Gasteiger partial charge on any atom is 0.163 e. The number of Topliss-reactive ketones (excluding diaryl/α,β-unsaturated/α-hetero) is 1. The minimum atomic E-state index is -0.0626. The highest BCUT2D eigenvalue weighted by Gasteiger charge is 2.39. The Hall–Kier alpha value is -2.61. The molecule has 0 amide bonds. The summed E-state index contributed by atoms with van der Waals surface area (Å²) in [6.07, 6.45) is 3.47. The first-order valence-electron chi connectivity index (χ1n) is 9.21. The number of carbonyl (C=O) groups is 1. The lowest BCUT2D eigenvalue weighted by molar-refractivity contribution is -0.118. The van der Waals surface area contributed by atoms with Gasteiger partial charge in [0.25, 0.3) is 0 Å². The van der Waals surface area contributed by atoms with E-state index in [9.17, 15) is 4.79 Å². The molecule has 132 valence electrons. The summed E-state index contributed by atoms with van der Waals surface area (Å²) in [6, 6.07) is 18.6. The van der Waals surface area contributed by atoms with Gasteiger partial charge in [0, 0.05) is 29.9 Å². The van der Waals surface area contributed by atoms with Crippen molar-refractivity contribution in [3.63, 3.8) is 0 Å². The highest BCUT2D eigenvalue weighted by molar-refractivity contribution is 6.00. The van der Waals surface area contributed by atoms with E-state index in [4.69, 9.17) is 4.74 Å². The van der Waals surface area contributed by atoms with Gasteiger partial charge >= 0.3 is 0 Å². The highest BCUT2D eigenvalue weighted by Crippen LogP contribution is 2.47. The molecule has 1 heterocycles. The summed E-state index contributed by atoms with van der Waals surface area (Å²) in [7, 11) is 0. The standard InChI is InChI=1S/C24H24O2/c1-16-9-11-17(12-10-16)19-13-21(18-7-5-4-6-8-18)26-22-15-24(2,3)14-20(25)23(19)22/h4-13,19H,14-15H2,1-3H3. The van der Waals surface area contributed by atoms with Crippen molar-refractivity contribution in [3.05, 3.63) is 88.7 Å². The maximum absolute atomic E-state index is 13.0. The average Bonchev–Trinajstić information content (AvgIpc) is 2.61.